The van der Waals surface area contributed by atoms with Gasteiger partial charge in [0.15, 0.2) is 0 Å². The molecule has 6 atom stereocenters. The van der Waals surface area contributed by atoms with Crippen molar-refractivity contribution in [3.8, 4) is 17.2 Å². The Morgan fingerprint density at radius 3 is 2.43 bits per heavy atom. The van der Waals surface area contributed by atoms with Gasteiger partial charge in [0.1, 0.15) is 29.1 Å². The van der Waals surface area contributed by atoms with Gasteiger partial charge in [-0.25, -0.2) is 0 Å². The Morgan fingerprint density at radius 2 is 1.72 bits per heavy atom. The van der Waals surface area contributed by atoms with Gasteiger partial charge in [-0.15, -0.1) is 18.3 Å². The van der Waals surface area contributed by atoms with Crippen molar-refractivity contribution < 1.29 is 34.1 Å². The van der Waals surface area contributed by atoms with Crippen LogP contribution < -0.4 is 9.47 Å². The molecule has 6 rings (SSSR count). The van der Waals surface area contributed by atoms with E-state index in [1.165, 1.54) is 0 Å². The smallest absolute Gasteiger partial charge is 0.231 e. The van der Waals surface area contributed by atoms with Crippen LogP contribution in [0, 0.1) is 17.8 Å². The molecule has 3 aromatic rings. The highest BCUT2D eigenvalue weighted by atomic mass is 32.2. The number of unbranched alkanes of at least 4 members (excludes halogenated alkanes) is 2. The number of ether oxygens (including phenoxy) is 3. The van der Waals surface area contributed by atoms with E-state index in [4.69, 9.17) is 24.2 Å². The molecule has 53 heavy (non-hydrogen) atoms. The van der Waals surface area contributed by atoms with E-state index in [1.807, 2.05) is 63.2 Å². The second-order valence-corrected chi connectivity index (χ2v) is 16.4. The molecule has 1 saturated carbocycles. The number of benzene rings is 3. The summed E-state index contributed by atoms with van der Waals surface area (Å²) in [7, 11) is 0. The molecule has 0 saturated heterocycles. The predicted octanol–water partition coefficient (Wildman–Crippen LogP) is 9.52. The van der Waals surface area contributed by atoms with Crippen molar-refractivity contribution in [2.75, 3.05) is 19.8 Å². The maximum absolute atomic E-state index is 11.6. The van der Waals surface area contributed by atoms with Crippen LogP contribution in [0.2, 0.25) is 0 Å². The van der Waals surface area contributed by atoms with E-state index in [0.29, 0.717) is 36.5 Å². The summed E-state index contributed by atoms with van der Waals surface area (Å²) >= 11 is 1.74. The van der Waals surface area contributed by atoms with Crippen LogP contribution in [0.3, 0.4) is 0 Å². The van der Waals surface area contributed by atoms with Crippen molar-refractivity contribution in [1.29, 1.82) is 0 Å². The molecule has 1 aliphatic heterocycles. The van der Waals surface area contributed by atoms with Crippen molar-refractivity contribution in [3.05, 3.63) is 108 Å². The van der Waals surface area contributed by atoms with Crippen LogP contribution in [0.25, 0.3) is 0 Å². The molecule has 0 radical (unpaired) electrons. The molecule has 0 unspecified atom stereocenters. The van der Waals surface area contributed by atoms with Crippen LogP contribution in [0.5, 0.6) is 17.2 Å². The fourth-order valence-electron chi connectivity index (χ4n) is 8.13. The first-order valence-corrected chi connectivity index (χ1v) is 19.8. The molecule has 2 N–H and O–H groups in total. The summed E-state index contributed by atoms with van der Waals surface area (Å²) in [5, 5.41) is 24.4. The third-order valence-electron chi connectivity index (χ3n) is 10.3. The molecule has 0 amide bonds. The Bertz CT molecular complexity index is 1770. The van der Waals surface area contributed by atoms with Gasteiger partial charge >= 0.3 is 0 Å². The summed E-state index contributed by atoms with van der Waals surface area (Å²) in [6, 6.07) is 23.5. The quantitative estimate of drug-likeness (QED) is 0.0611. The molecule has 3 aliphatic rings. The number of aldehydes is 1. The normalized spacial score (nSPS) is 25.4. The fraction of sp³-hybridized carbons (Fsp3) is 0.455. The van der Waals surface area contributed by atoms with Crippen LogP contribution in [0.15, 0.2) is 107 Å². The van der Waals surface area contributed by atoms with Gasteiger partial charge in [0.05, 0.1) is 23.5 Å². The number of nitrogens with zero attached hydrogens (tertiary/aromatic N) is 1. The summed E-state index contributed by atoms with van der Waals surface area (Å²) in [6.45, 7) is 10.6. The molecule has 0 bridgehead atoms. The summed E-state index contributed by atoms with van der Waals surface area (Å²) in [5.74, 6) is 0.912. The first-order valence-electron chi connectivity index (χ1n) is 18.9. The summed E-state index contributed by atoms with van der Waals surface area (Å²) in [4.78, 5) is 18.9. The average Bonchev–Trinajstić information content (AvgIpc) is 3.15. The molecular weight excluding hydrogens is 687 g/mol. The zero-order valence-corrected chi connectivity index (χ0v) is 31.9. The van der Waals surface area contributed by atoms with Crippen molar-refractivity contribution in [2.24, 2.45) is 22.9 Å². The lowest BCUT2D eigenvalue weighted by Crippen LogP contribution is -2.64. The molecule has 8 nitrogen and oxygen atoms in total. The van der Waals surface area contributed by atoms with Crippen LogP contribution in [-0.2, 0) is 9.57 Å². The fourth-order valence-corrected chi connectivity index (χ4v) is 9.44. The van der Waals surface area contributed by atoms with Crippen molar-refractivity contribution in [1.82, 2.24) is 0 Å². The van der Waals surface area contributed by atoms with E-state index >= 15 is 0 Å². The average molecular weight is 740 g/mol. The highest BCUT2D eigenvalue weighted by Crippen LogP contribution is 2.63. The lowest BCUT2D eigenvalue weighted by atomic mass is 9.56. The molecule has 3 aromatic carbocycles. The summed E-state index contributed by atoms with van der Waals surface area (Å²) < 4.78 is 20.7. The minimum Gasteiger partial charge on any atom is -0.460 e. The van der Waals surface area contributed by atoms with Crippen LogP contribution in [0.1, 0.15) is 87.6 Å². The van der Waals surface area contributed by atoms with Gasteiger partial charge in [0.25, 0.3) is 0 Å². The standard InChI is InChI=1S/C44H53NO7S/c1-5-24-49-44-40(53-34-17-7-6-8-18-34)28-38(45-52-43(2,3)4)36-26-31(15-9-11-22-46)35(19-10-12-23-47)41(42(36)44)37-27-33(20-21-39(37)51-44)50-32-16-13-14-30(25-32)29-48/h5-8,13-14,16-18,20-21,25-27,29,31,35,40-42,46-47H,1,9-12,15,19,22-24,28H2,2-4H3/t31-,35+,40-,41+,42+,44+/m0/s1. The number of thioether (sulfide) groups is 1. The minimum atomic E-state index is -1.08. The lowest BCUT2D eigenvalue weighted by Gasteiger charge is -2.58. The molecule has 282 valence electrons. The third kappa shape index (κ3) is 8.92. The van der Waals surface area contributed by atoms with E-state index in [2.05, 4.69) is 30.9 Å². The van der Waals surface area contributed by atoms with Gasteiger partial charge in [-0.3, -0.25) is 4.79 Å². The molecule has 0 aromatic heterocycles. The number of aliphatic hydroxyl groups excluding tert-OH is 2. The zero-order valence-electron chi connectivity index (χ0n) is 31.1. The first kappa shape index (κ1) is 38.8. The number of hydrogen-bond acceptors (Lipinski definition) is 9. The van der Waals surface area contributed by atoms with Crippen LogP contribution in [-0.4, -0.2) is 58.7 Å². The van der Waals surface area contributed by atoms with E-state index in [9.17, 15) is 15.0 Å². The Labute approximate surface area is 318 Å². The Kier molecular flexibility index (Phi) is 12.8. The van der Waals surface area contributed by atoms with Gasteiger partial charge < -0.3 is 29.3 Å². The van der Waals surface area contributed by atoms with E-state index in [0.717, 1.165) is 65.9 Å². The Morgan fingerprint density at radius 1 is 0.962 bits per heavy atom. The summed E-state index contributed by atoms with van der Waals surface area (Å²) in [6.07, 6.45) is 10.5. The molecule has 1 heterocycles. The van der Waals surface area contributed by atoms with Gasteiger partial charge in [-0.2, -0.15) is 0 Å². The van der Waals surface area contributed by atoms with Crippen molar-refractivity contribution in [2.45, 2.75) is 93.2 Å². The van der Waals surface area contributed by atoms with E-state index < -0.39 is 11.4 Å². The lowest BCUT2D eigenvalue weighted by molar-refractivity contribution is -0.223. The number of carbonyl (C=O) groups is 1. The number of oxime groups is 1. The molecule has 1 fully saturated rings. The van der Waals surface area contributed by atoms with Crippen LogP contribution in [0.4, 0.5) is 0 Å². The molecule has 9 heteroatoms. The number of aliphatic hydroxyl groups is 2. The van der Waals surface area contributed by atoms with Crippen molar-refractivity contribution in [3.63, 3.8) is 0 Å². The molecule has 2 aliphatic carbocycles. The first-order chi connectivity index (χ1) is 25.7. The second-order valence-electron chi connectivity index (χ2n) is 15.2. The number of allylic oxidation sites excluding steroid dienone is 1. The highest BCUT2D eigenvalue weighted by Gasteiger charge is 2.64. The monoisotopic (exact) mass is 739 g/mol. The molecule has 0 spiro atoms. The largest absolute Gasteiger partial charge is 0.460 e. The predicted molar refractivity (Wildman–Crippen MR) is 210 cm³/mol. The van der Waals surface area contributed by atoms with Crippen LogP contribution >= 0.6 is 11.8 Å². The maximum Gasteiger partial charge on any atom is 0.231 e. The second kappa shape index (κ2) is 17.5. The number of carbonyl (C=O) groups excluding carboxylic acids is 1. The third-order valence-corrected chi connectivity index (χ3v) is 11.6. The van der Waals surface area contributed by atoms with E-state index in [1.54, 1.807) is 30.0 Å². The van der Waals surface area contributed by atoms with Gasteiger partial charge in [-0.1, -0.05) is 60.5 Å². The Hall–Kier alpha value is -3.89. The maximum atomic E-state index is 11.6. The van der Waals surface area contributed by atoms with E-state index in [-0.39, 0.29) is 42.1 Å². The highest BCUT2D eigenvalue weighted by molar-refractivity contribution is 8.00. The molecular formula is C44H53NO7S. The number of rotatable bonds is 17. The topological polar surface area (TPSA) is 107 Å². The van der Waals surface area contributed by atoms with Gasteiger partial charge in [-0.05, 0) is 106 Å². The number of hydrogen-bond donors (Lipinski definition) is 2. The Balaban J connectivity index is 1.56. The van der Waals surface area contributed by atoms with Gasteiger partial charge in [0.2, 0.25) is 5.79 Å². The summed E-state index contributed by atoms with van der Waals surface area (Å²) in [5.41, 5.74) is 3.06. The SMILES string of the molecule is C=CCO[C@@]12Oc3ccc(Oc4cccc(C=O)c4)cc3[C@H]3[C@H](CCCCO)[C@@H](CCCCO)C=C(C(=NOC(C)(C)C)C[C@@H]1Sc1ccccc1)[C@H]32. The number of fused-ring (bicyclic) bond motifs is 2. The minimum absolute atomic E-state index is 0.0646. The zero-order chi connectivity index (χ0) is 37.4. The van der Waals surface area contributed by atoms with Crippen molar-refractivity contribution >= 4 is 23.8 Å². The van der Waals surface area contributed by atoms with Gasteiger partial charge in [0, 0.05) is 41.6 Å².